The maximum atomic E-state index is 15.3. The summed E-state index contributed by atoms with van der Waals surface area (Å²) >= 11 is 0. The molecule has 174 valence electrons. The van der Waals surface area contributed by atoms with E-state index >= 15 is 4.39 Å². The molecule has 2 saturated carbocycles. The van der Waals surface area contributed by atoms with E-state index in [2.05, 4.69) is 51.2 Å². The van der Waals surface area contributed by atoms with E-state index in [1.807, 2.05) is 0 Å². The van der Waals surface area contributed by atoms with E-state index in [0.29, 0.717) is 12.1 Å². The van der Waals surface area contributed by atoms with Crippen LogP contribution in [0.15, 0.2) is 30.3 Å². The molecule has 4 atom stereocenters. The third-order valence-electron chi connectivity index (χ3n) is 7.32. The van der Waals surface area contributed by atoms with Crippen LogP contribution >= 0.6 is 0 Å². The number of nitrogens with two attached hydrogens (primary N) is 1. The van der Waals surface area contributed by atoms with Crippen LogP contribution < -0.4 is 21.7 Å². The van der Waals surface area contributed by atoms with Gasteiger partial charge in [0.25, 0.3) is 0 Å². The molecule has 1 saturated heterocycles. The average molecular weight is 432 g/mol. The number of aryl methyl sites for hydroxylation is 1. The Bertz CT molecular complexity index is 668. The Morgan fingerprint density at radius 1 is 1.10 bits per heavy atom. The fraction of sp³-hybridized carbons (Fsp3) is 0.760. The Balaban J connectivity index is 1.36. The van der Waals surface area contributed by atoms with Crippen molar-refractivity contribution in [1.29, 1.82) is 0 Å². The van der Waals surface area contributed by atoms with Crippen molar-refractivity contribution in [1.82, 2.24) is 20.9 Å². The van der Waals surface area contributed by atoms with Gasteiger partial charge in [-0.2, -0.15) is 0 Å². The summed E-state index contributed by atoms with van der Waals surface area (Å²) in [5, 5.41) is 10.8. The fourth-order valence-corrected chi connectivity index (χ4v) is 5.51. The van der Waals surface area contributed by atoms with Gasteiger partial charge in [-0.25, -0.2) is 4.39 Å². The standard InChI is InChI=1S/C25H42FN5/c1-25(2,26)22-29-24(30-23(27)31(22)20-13-7-4-8-14-20)28-21(19-16-17-19)15-9-12-18-10-5-3-6-11-18/h3,5-6,10-11,19-24,28-30H,4,7-9,12-17,27H2,1-2H3. The van der Waals surface area contributed by atoms with Crippen LogP contribution in [-0.4, -0.2) is 41.4 Å². The van der Waals surface area contributed by atoms with Crippen molar-refractivity contribution < 1.29 is 4.39 Å². The van der Waals surface area contributed by atoms with Crippen molar-refractivity contribution in [3.8, 4) is 0 Å². The fourth-order valence-electron chi connectivity index (χ4n) is 5.51. The van der Waals surface area contributed by atoms with Crippen LogP contribution in [0.5, 0.6) is 0 Å². The van der Waals surface area contributed by atoms with Gasteiger partial charge in [0.1, 0.15) is 18.2 Å². The largest absolute Gasteiger partial charge is 0.303 e. The molecule has 1 aromatic rings. The summed E-state index contributed by atoms with van der Waals surface area (Å²) in [6.07, 6.45) is 11.0. The van der Waals surface area contributed by atoms with Crippen LogP contribution in [-0.2, 0) is 6.42 Å². The molecule has 31 heavy (non-hydrogen) atoms. The maximum absolute atomic E-state index is 15.3. The Kier molecular flexibility index (Phi) is 7.65. The number of alkyl halides is 1. The van der Waals surface area contributed by atoms with E-state index in [0.717, 1.165) is 38.0 Å². The minimum Gasteiger partial charge on any atom is -0.303 e. The summed E-state index contributed by atoms with van der Waals surface area (Å²) in [6, 6.07) is 11.5. The Morgan fingerprint density at radius 2 is 1.81 bits per heavy atom. The molecule has 0 spiro atoms. The van der Waals surface area contributed by atoms with Gasteiger partial charge in [0.05, 0.1) is 6.17 Å². The Labute approximate surface area is 187 Å². The van der Waals surface area contributed by atoms with Gasteiger partial charge < -0.3 is 5.73 Å². The van der Waals surface area contributed by atoms with Crippen LogP contribution in [0.25, 0.3) is 0 Å². The first-order valence-electron chi connectivity index (χ1n) is 12.5. The van der Waals surface area contributed by atoms with Gasteiger partial charge in [-0.05, 0) is 70.3 Å². The lowest BCUT2D eigenvalue weighted by atomic mass is 9.92. The molecule has 0 radical (unpaired) electrons. The minimum atomic E-state index is -1.38. The lowest BCUT2D eigenvalue weighted by Gasteiger charge is -2.52. The summed E-state index contributed by atoms with van der Waals surface area (Å²) in [4.78, 5) is 2.17. The second-order valence-corrected chi connectivity index (χ2v) is 10.4. The van der Waals surface area contributed by atoms with Gasteiger partial charge in [-0.15, -0.1) is 0 Å². The molecule has 1 aromatic carbocycles. The summed E-state index contributed by atoms with van der Waals surface area (Å²) in [5.41, 5.74) is 6.62. The highest BCUT2D eigenvalue weighted by Crippen LogP contribution is 2.35. The summed E-state index contributed by atoms with van der Waals surface area (Å²) in [7, 11) is 0. The number of halogens is 1. The van der Waals surface area contributed by atoms with Gasteiger partial charge in [-0.1, -0.05) is 49.6 Å². The zero-order valence-corrected chi connectivity index (χ0v) is 19.3. The molecule has 0 aromatic heterocycles. The molecule has 3 aliphatic rings. The third kappa shape index (κ3) is 6.26. The third-order valence-corrected chi connectivity index (χ3v) is 7.32. The molecule has 6 heteroatoms. The van der Waals surface area contributed by atoms with Crippen LogP contribution in [0.3, 0.4) is 0 Å². The van der Waals surface area contributed by atoms with Crippen molar-refractivity contribution in [2.75, 3.05) is 0 Å². The van der Waals surface area contributed by atoms with E-state index in [4.69, 9.17) is 5.73 Å². The molecule has 4 unspecified atom stereocenters. The van der Waals surface area contributed by atoms with Crippen molar-refractivity contribution in [3.05, 3.63) is 35.9 Å². The summed E-state index contributed by atoms with van der Waals surface area (Å²) in [5.74, 6) is 0.726. The minimum absolute atomic E-state index is 0.169. The van der Waals surface area contributed by atoms with Crippen LogP contribution in [0.4, 0.5) is 4.39 Å². The maximum Gasteiger partial charge on any atom is 0.134 e. The van der Waals surface area contributed by atoms with E-state index in [1.165, 1.54) is 37.7 Å². The summed E-state index contributed by atoms with van der Waals surface area (Å²) < 4.78 is 15.3. The number of hydrogen-bond donors (Lipinski definition) is 4. The molecular weight excluding hydrogens is 389 g/mol. The molecule has 1 heterocycles. The molecule has 5 N–H and O–H groups in total. The lowest BCUT2D eigenvalue weighted by Crippen LogP contribution is -2.79. The van der Waals surface area contributed by atoms with Crippen LogP contribution in [0.1, 0.15) is 77.2 Å². The molecule has 3 fully saturated rings. The first-order chi connectivity index (χ1) is 14.9. The second kappa shape index (κ2) is 10.3. The number of benzene rings is 1. The lowest BCUT2D eigenvalue weighted by molar-refractivity contribution is -0.0882. The molecule has 2 aliphatic carbocycles. The van der Waals surface area contributed by atoms with Gasteiger partial charge in [0.2, 0.25) is 0 Å². The Morgan fingerprint density at radius 3 is 2.45 bits per heavy atom. The molecular formula is C25H42FN5. The van der Waals surface area contributed by atoms with Crippen molar-refractivity contribution >= 4 is 0 Å². The number of hydrogen-bond acceptors (Lipinski definition) is 5. The zero-order valence-electron chi connectivity index (χ0n) is 19.3. The highest BCUT2D eigenvalue weighted by molar-refractivity contribution is 5.14. The van der Waals surface area contributed by atoms with Crippen LogP contribution in [0, 0.1) is 5.92 Å². The van der Waals surface area contributed by atoms with E-state index < -0.39 is 11.8 Å². The highest BCUT2D eigenvalue weighted by atomic mass is 19.1. The topological polar surface area (TPSA) is 65.3 Å². The first-order valence-corrected chi connectivity index (χ1v) is 12.5. The molecule has 1 aliphatic heterocycles. The molecule has 4 rings (SSSR count). The second-order valence-electron chi connectivity index (χ2n) is 10.4. The predicted octanol–water partition coefficient (Wildman–Crippen LogP) is 3.81. The number of nitrogens with one attached hydrogen (secondary N) is 3. The summed E-state index contributed by atoms with van der Waals surface area (Å²) in [6.45, 7) is 3.35. The normalized spacial score (nSPS) is 29.7. The molecule has 0 bridgehead atoms. The quantitative estimate of drug-likeness (QED) is 0.479. The highest BCUT2D eigenvalue weighted by Gasteiger charge is 2.46. The monoisotopic (exact) mass is 431 g/mol. The van der Waals surface area contributed by atoms with E-state index in [9.17, 15) is 0 Å². The number of nitrogens with zero attached hydrogens (tertiary/aromatic N) is 1. The van der Waals surface area contributed by atoms with Gasteiger partial charge >= 0.3 is 0 Å². The van der Waals surface area contributed by atoms with Crippen LogP contribution in [0.2, 0.25) is 0 Å². The smallest absolute Gasteiger partial charge is 0.134 e. The average Bonchev–Trinajstić information content (AvgIpc) is 3.59. The Hall–Kier alpha value is -1.05. The van der Waals surface area contributed by atoms with Gasteiger partial charge in [0, 0.05) is 12.1 Å². The van der Waals surface area contributed by atoms with E-state index in [-0.39, 0.29) is 12.6 Å². The van der Waals surface area contributed by atoms with Crippen molar-refractivity contribution in [2.24, 2.45) is 11.7 Å². The first kappa shape index (κ1) is 23.1. The zero-order chi connectivity index (χ0) is 21.8. The predicted molar refractivity (Wildman–Crippen MR) is 125 cm³/mol. The molecule has 0 amide bonds. The van der Waals surface area contributed by atoms with Crippen molar-refractivity contribution in [3.63, 3.8) is 0 Å². The van der Waals surface area contributed by atoms with E-state index in [1.54, 1.807) is 13.8 Å². The van der Waals surface area contributed by atoms with Crippen molar-refractivity contribution in [2.45, 2.75) is 115 Å². The number of rotatable bonds is 9. The SMILES string of the molecule is CC(C)(F)C1NC(NC(CCCc2ccccc2)C2CC2)NC(N)N1C1CCCCC1. The molecule has 5 nitrogen and oxygen atoms in total. The van der Waals surface area contributed by atoms with Gasteiger partial charge in [-0.3, -0.25) is 20.9 Å². The van der Waals surface area contributed by atoms with Gasteiger partial charge in [0.15, 0.2) is 0 Å².